The number of carbonyl (C=O) groups is 1. The van der Waals surface area contributed by atoms with E-state index in [1.165, 1.54) is 5.56 Å². The summed E-state index contributed by atoms with van der Waals surface area (Å²) in [5.41, 5.74) is 1.57. The zero-order valence-electron chi connectivity index (χ0n) is 7.70. The van der Waals surface area contributed by atoms with Gasteiger partial charge in [-0.3, -0.25) is 0 Å². The molecule has 0 bridgehead atoms. The molecule has 1 N–H and O–H groups in total. The minimum Gasteiger partial charge on any atom is -0.478 e. The summed E-state index contributed by atoms with van der Waals surface area (Å²) in [6.45, 7) is 2.06. The summed E-state index contributed by atoms with van der Waals surface area (Å²) in [6, 6.07) is 5.27. The van der Waals surface area contributed by atoms with E-state index in [4.69, 9.17) is 5.11 Å². The molecular weight excluding hydrogens is 184 g/mol. The number of rotatable bonds is 3. The van der Waals surface area contributed by atoms with Crippen LogP contribution in [0.1, 0.15) is 22.8 Å². The molecule has 3 heteroatoms. The van der Waals surface area contributed by atoms with Crippen LogP contribution >= 0.6 is 11.8 Å². The van der Waals surface area contributed by atoms with Crippen molar-refractivity contribution in [3.63, 3.8) is 0 Å². The average Bonchev–Trinajstić information content (AvgIpc) is 2.16. The van der Waals surface area contributed by atoms with Crippen LogP contribution in [0, 0.1) is 0 Å². The van der Waals surface area contributed by atoms with E-state index in [0.29, 0.717) is 5.56 Å². The van der Waals surface area contributed by atoms with Crippen LogP contribution in [0.3, 0.4) is 0 Å². The molecule has 0 unspecified atom stereocenters. The predicted octanol–water partition coefficient (Wildman–Crippen LogP) is 2.67. The van der Waals surface area contributed by atoms with Crippen LogP contribution in [0.25, 0.3) is 0 Å². The van der Waals surface area contributed by atoms with Crippen molar-refractivity contribution >= 4 is 17.7 Å². The maximum atomic E-state index is 10.7. The van der Waals surface area contributed by atoms with Crippen LogP contribution < -0.4 is 0 Å². The van der Waals surface area contributed by atoms with E-state index in [9.17, 15) is 4.79 Å². The normalized spacial score (nSPS) is 10.0. The Morgan fingerprint density at radius 3 is 2.69 bits per heavy atom. The van der Waals surface area contributed by atoms with Crippen LogP contribution in [0.15, 0.2) is 23.1 Å². The number of hydrogen-bond acceptors (Lipinski definition) is 2. The summed E-state index contributed by atoms with van der Waals surface area (Å²) in [5.74, 6) is -0.863. The zero-order valence-corrected chi connectivity index (χ0v) is 8.52. The Kier molecular flexibility index (Phi) is 3.37. The van der Waals surface area contributed by atoms with Crippen LogP contribution in [0.5, 0.6) is 0 Å². The summed E-state index contributed by atoms with van der Waals surface area (Å²) in [6.07, 6.45) is 2.90. The van der Waals surface area contributed by atoms with Gasteiger partial charge in [-0.05, 0) is 30.4 Å². The fraction of sp³-hybridized carbons (Fsp3) is 0.300. The highest BCUT2D eigenvalue weighted by atomic mass is 32.2. The summed E-state index contributed by atoms with van der Waals surface area (Å²) in [7, 11) is 0. The molecule has 1 aromatic carbocycles. The molecule has 0 spiro atoms. The Balaban J connectivity index is 3.13. The second-order valence-corrected chi connectivity index (χ2v) is 3.53. The monoisotopic (exact) mass is 196 g/mol. The first-order valence-electron chi connectivity index (χ1n) is 4.09. The van der Waals surface area contributed by atoms with Gasteiger partial charge in [0.05, 0.1) is 5.56 Å². The Morgan fingerprint density at radius 2 is 2.23 bits per heavy atom. The maximum absolute atomic E-state index is 10.7. The summed E-state index contributed by atoms with van der Waals surface area (Å²) < 4.78 is 0. The van der Waals surface area contributed by atoms with Crippen molar-refractivity contribution in [2.75, 3.05) is 6.26 Å². The number of aryl methyl sites for hydroxylation is 1. The lowest BCUT2D eigenvalue weighted by atomic mass is 10.1. The molecule has 0 aromatic heterocycles. The highest BCUT2D eigenvalue weighted by Crippen LogP contribution is 2.22. The molecule has 0 heterocycles. The standard InChI is InChI=1S/C10H12O2S/c1-3-7-4-5-8(10(11)12)6-9(7)13-2/h4-6H,3H2,1-2H3,(H,11,12). The van der Waals surface area contributed by atoms with Gasteiger partial charge in [0.1, 0.15) is 0 Å². The third-order valence-corrected chi connectivity index (χ3v) is 2.73. The molecule has 0 aliphatic rings. The topological polar surface area (TPSA) is 37.3 Å². The Bertz CT molecular complexity index is 321. The van der Waals surface area contributed by atoms with Gasteiger partial charge in [0.25, 0.3) is 0 Å². The molecule has 0 atom stereocenters. The average molecular weight is 196 g/mol. The van der Waals surface area contributed by atoms with Gasteiger partial charge in [0, 0.05) is 4.90 Å². The van der Waals surface area contributed by atoms with Gasteiger partial charge in [-0.2, -0.15) is 0 Å². The molecule has 0 fully saturated rings. The molecule has 0 aliphatic carbocycles. The predicted molar refractivity (Wildman–Crippen MR) is 54.6 cm³/mol. The Hall–Kier alpha value is -0.960. The molecule has 0 saturated heterocycles. The van der Waals surface area contributed by atoms with Crippen LogP contribution in [0.4, 0.5) is 0 Å². The van der Waals surface area contributed by atoms with E-state index in [1.54, 1.807) is 23.9 Å². The number of carboxylic acids is 1. The molecule has 70 valence electrons. The zero-order chi connectivity index (χ0) is 9.84. The van der Waals surface area contributed by atoms with E-state index >= 15 is 0 Å². The van der Waals surface area contributed by atoms with E-state index < -0.39 is 5.97 Å². The largest absolute Gasteiger partial charge is 0.478 e. The van der Waals surface area contributed by atoms with Crippen molar-refractivity contribution in [3.05, 3.63) is 29.3 Å². The minimum absolute atomic E-state index is 0.363. The molecule has 0 aliphatic heterocycles. The maximum Gasteiger partial charge on any atom is 0.335 e. The number of aromatic carboxylic acids is 1. The Morgan fingerprint density at radius 1 is 1.54 bits per heavy atom. The lowest BCUT2D eigenvalue weighted by molar-refractivity contribution is 0.0696. The molecule has 2 nitrogen and oxygen atoms in total. The molecule has 13 heavy (non-hydrogen) atoms. The molecular formula is C10H12O2S. The fourth-order valence-corrected chi connectivity index (χ4v) is 1.89. The van der Waals surface area contributed by atoms with E-state index in [0.717, 1.165) is 11.3 Å². The highest BCUT2D eigenvalue weighted by molar-refractivity contribution is 7.98. The quantitative estimate of drug-likeness (QED) is 0.755. The molecule has 1 aromatic rings. The summed E-state index contributed by atoms with van der Waals surface area (Å²) in [4.78, 5) is 11.7. The smallest absolute Gasteiger partial charge is 0.335 e. The lowest BCUT2D eigenvalue weighted by Crippen LogP contribution is -1.97. The van der Waals surface area contributed by atoms with E-state index in [1.807, 2.05) is 12.3 Å². The molecule has 1 rings (SSSR count). The van der Waals surface area contributed by atoms with Gasteiger partial charge >= 0.3 is 5.97 Å². The molecule has 0 radical (unpaired) electrons. The first-order chi connectivity index (χ1) is 6.19. The number of benzene rings is 1. The lowest BCUT2D eigenvalue weighted by Gasteiger charge is -2.05. The van der Waals surface area contributed by atoms with Gasteiger partial charge in [-0.25, -0.2) is 4.79 Å². The van der Waals surface area contributed by atoms with Crippen molar-refractivity contribution in [2.45, 2.75) is 18.2 Å². The van der Waals surface area contributed by atoms with Crippen LogP contribution in [0.2, 0.25) is 0 Å². The van der Waals surface area contributed by atoms with Crippen LogP contribution in [-0.2, 0) is 6.42 Å². The minimum atomic E-state index is -0.863. The second kappa shape index (κ2) is 4.33. The highest BCUT2D eigenvalue weighted by Gasteiger charge is 2.06. The van der Waals surface area contributed by atoms with Gasteiger partial charge in [0.2, 0.25) is 0 Å². The molecule has 0 saturated carbocycles. The summed E-state index contributed by atoms with van der Waals surface area (Å²) in [5, 5.41) is 8.76. The van der Waals surface area contributed by atoms with Gasteiger partial charge in [-0.15, -0.1) is 11.8 Å². The SMILES string of the molecule is CCc1ccc(C(=O)O)cc1SC. The third-order valence-electron chi connectivity index (χ3n) is 1.91. The van der Waals surface area contributed by atoms with Gasteiger partial charge in [-0.1, -0.05) is 13.0 Å². The van der Waals surface area contributed by atoms with Crippen molar-refractivity contribution in [2.24, 2.45) is 0 Å². The number of thioether (sulfide) groups is 1. The van der Waals surface area contributed by atoms with Gasteiger partial charge in [0.15, 0.2) is 0 Å². The van der Waals surface area contributed by atoms with Crippen molar-refractivity contribution in [1.82, 2.24) is 0 Å². The van der Waals surface area contributed by atoms with Crippen LogP contribution in [-0.4, -0.2) is 17.3 Å². The van der Waals surface area contributed by atoms with Gasteiger partial charge < -0.3 is 5.11 Å². The molecule has 0 amide bonds. The van der Waals surface area contributed by atoms with E-state index in [2.05, 4.69) is 6.92 Å². The Labute approximate surface area is 82.0 Å². The third kappa shape index (κ3) is 2.25. The van der Waals surface area contributed by atoms with Crippen molar-refractivity contribution in [1.29, 1.82) is 0 Å². The van der Waals surface area contributed by atoms with Crippen molar-refractivity contribution in [3.8, 4) is 0 Å². The first-order valence-corrected chi connectivity index (χ1v) is 5.31. The second-order valence-electron chi connectivity index (χ2n) is 2.69. The number of carboxylic acid groups (broad SMARTS) is 1. The van der Waals surface area contributed by atoms with E-state index in [-0.39, 0.29) is 0 Å². The number of hydrogen-bond donors (Lipinski definition) is 1. The van der Waals surface area contributed by atoms with Crippen molar-refractivity contribution < 1.29 is 9.90 Å². The summed E-state index contributed by atoms with van der Waals surface area (Å²) >= 11 is 1.59. The fourth-order valence-electron chi connectivity index (χ4n) is 1.17. The first kappa shape index (κ1) is 10.1.